The van der Waals surface area contributed by atoms with E-state index < -0.39 is 5.41 Å². The summed E-state index contributed by atoms with van der Waals surface area (Å²) in [7, 11) is 0. The van der Waals surface area contributed by atoms with Crippen LogP contribution in [0.25, 0.3) is 0 Å². The van der Waals surface area contributed by atoms with Crippen molar-refractivity contribution in [3.63, 3.8) is 0 Å². The minimum absolute atomic E-state index is 0.139. The zero-order valence-electron chi connectivity index (χ0n) is 19.8. The second kappa shape index (κ2) is 10.0. The van der Waals surface area contributed by atoms with Gasteiger partial charge < -0.3 is 9.64 Å². The molecule has 1 aliphatic heterocycles. The molecule has 1 heterocycles. The molecule has 170 valence electrons. The second-order valence-electron chi connectivity index (χ2n) is 10.0. The van der Waals surface area contributed by atoms with Gasteiger partial charge in [-0.15, -0.1) is 0 Å². The lowest BCUT2D eigenvalue weighted by Gasteiger charge is -2.38. The molecule has 32 heavy (non-hydrogen) atoms. The van der Waals surface area contributed by atoms with Gasteiger partial charge in [-0.25, -0.2) is 0 Å². The minimum Gasteiger partial charge on any atom is -0.464 e. The van der Waals surface area contributed by atoms with Gasteiger partial charge in [0, 0.05) is 25.6 Å². The number of carbonyl (C=O) groups excluding carboxylic acids is 1. The lowest BCUT2D eigenvalue weighted by atomic mass is 9.76. The van der Waals surface area contributed by atoms with Gasteiger partial charge in [-0.05, 0) is 63.0 Å². The van der Waals surface area contributed by atoms with Crippen LogP contribution in [0, 0.1) is 17.8 Å². The Labute approximate surface area is 193 Å². The SMILES string of the molecule is CC(C)=CCCN1CC2CCC(C1)C2COC(=O)C(C)(c1ccccc1)c1ccccc1. The maximum Gasteiger partial charge on any atom is 0.320 e. The molecule has 0 amide bonds. The second-order valence-corrected chi connectivity index (χ2v) is 10.0. The quantitative estimate of drug-likeness (QED) is 0.388. The number of piperidine rings is 1. The molecule has 2 aromatic carbocycles. The van der Waals surface area contributed by atoms with E-state index in [1.807, 2.05) is 67.6 Å². The first-order valence-corrected chi connectivity index (χ1v) is 12.1. The first kappa shape index (κ1) is 22.8. The van der Waals surface area contributed by atoms with E-state index in [0.717, 1.165) is 37.2 Å². The number of hydrogen-bond acceptors (Lipinski definition) is 3. The molecule has 4 rings (SSSR count). The number of fused-ring (bicyclic) bond motifs is 2. The largest absolute Gasteiger partial charge is 0.464 e. The molecule has 2 bridgehead atoms. The molecular weight excluding hydrogens is 394 g/mol. The zero-order chi connectivity index (χ0) is 22.6. The van der Waals surface area contributed by atoms with E-state index in [0.29, 0.717) is 24.4 Å². The average Bonchev–Trinajstić information content (AvgIpc) is 3.05. The number of allylic oxidation sites excluding steroid dienone is 1. The Bertz CT molecular complexity index is 863. The maximum absolute atomic E-state index is 13.6. The van der Waals surface area contributed by atoms with Crippen molar-refractivity contribution in [3.8, 4) is 0 Å². The summed E-state index contributed by atoms with van der Waals surface area (Å²) in [6.45, 7) is 10.3. The molecule has 0 N–H and O–H groups in total. The predicted octanol–water partition coefficient (Wildman–Crippen LogP) is 5.85. The molecule has 2 aliphatic rings. The van der Waals surface area contributed by atoms with E-state index in [9.17, 15) is 4.79 Å². The van der Waals surface area contributed by atoms with Crippen LogP contribution in [0.15, 0.2) is 72.3 Å². The third-order valence-electron chi connectivity index (χ3n) is 7.62. The number of hydrogen-bond donors (Lipinski definition) is 0. The van der Waals surface area contributed by atoms with Crippen LogP contribution in [0.4, 0.5) is 0 Å². The van der Waals surface area contributed by atoms with E-state index in [1.54, 1.807) is 0 Å². The maximum atomic E-state index is 13.6. The summed E-state index contributed by atoms with van der Waals surface area (Å²) in [6, 6.07) is 20.1. The van der Waals surface area contributed by atoms with Crippen molar-refractivity contribution < 1.29 is 9.53 Å². The highest BCUT2D eigenvalue weighted by atomic mass is 16.5. The topological polar surface area (TPSA) is 29.5 Å². The number of likely N-dealkylation sites (tertiary alicyclic amines) is 1. The van der Waals surface area contributed by atoms with Crippen LogP contribution < -0.4 is 0 Å². The Morgan fingerprint density at radius 3 is 2.00 bits per heavy atom. The number of carbonyl (C=O) groups is 1. The summed E-state index contributed by atoms with van der Waals surface area (Å²) in [5.41, 5.74) is 2.56. The van der Waals surface area contributed by atoms with Gasteiger partial charge in [0.05, 0.1) is 6.61 Å². The Kier molecular flexibility index (Phi) is 7.15. The third-order valence-corrected chi connectivity index (χ3v) is 7.62. The Balaban J connectivity index is 1.43. The number of rotatable bonds is 8. The summed E-state index contributed by atoms with van der Waals surface area (Å²) in [6.07, 6.45) is 6.00. The summed E-state index contributed by atoms with van der Waals surface area (Å²) in [5, 5.41) is 0. The first-order chi connectivity index (χ1) is 15.5. The van der Waals surface area contributed by atoms with Crippen LogP contribution in [0.5, 0.6) is 0 Å². The van der Waals surface area contributed by atoms with E-state index in [4.69, 9.17) is 4.74 Å². The lowest BCUT2D eigenvalue weighted by Crippen LogP contribution is -2.45. The number of ether oxygens (including phenoxy) is 1. The van der Waals surface area contributed by atoms with Gasteiger partial charge in [-0.1, -0.05) is 72.3 Å². The van der Waals surface area contributed by atoms with Gasteiger partial charge in [-0.3, -0.25) is 4.79 Å². The van der Waals surface area contributed by atoms with Crippen molar-refractivity contribution in [3.05, 3.63) is 83.4 Å². The van der Waals surface area contributed by atoms with Crippen molar-refractivity contribution in [1.82, 2.24) is 4.90 Å². The van der Waals surface area contributed by atoms with Gasteiger partial charge in [-0.2, -0.15) is 0 Å². The smallest absolute Gasteiger partial charge is 0.320 e. The van der Waals surface area contributed by atoms with Crippen molar-refractivity contribution >= 4 is 5.97 Å². The fourth-order valence-electron chi connectivity index (χ4n) is 5.68. The number of esters is 1. The van der Waals surface area contributed by atoms with Crippen molar-refractivity contribution in [2.45, 2.75) is 45.4 Å². The highest BCUT2D eigenvalue weighted by Gasteiger charge is 2.44. The molecule has 1 aliphatic carbocycles. The van der Waals surface area contributed by atoms with Gasteiger partial charge in [0.25, 0.3) is 0 Å². The van der Waals surface area contributed by atoms with Gasteiger partial charge >= 0.3 is 5.97 Å². The average molecular weight is 432 g/mol. The molecular formula is C29H37NO2. The van der Waals surface area contributed by atoms with Gasteiger partial charge in [0.1, 0.15) is 5.41 Å². The summed E-state index contributed by atoms with van der Waals surface area (Å²) >= 11 is 0. The molecule has 2 aromatic rings. The van der Waals surface area contributed by atoms with Crippen LogP contribution in [-0.4, -0.2) is 37.1 Å². The van der Waals surface area contributed by atoms with Crippen molar-refractivity contribution in [2.24, 2.45) is 17.8 Å². The molecule has 1 saturated heterocycles. The fraction of sp³-hybridized carbons (Fsp3) is 0.483. The predicted molar refractivity (Wildman–Crippen MR) is 130 cm³/mol. The molecule has 0 spiro atoms. The van der Waals surface area contributed by atoms with E-state index in [1.165, 1.54) is 18.4 Å². The molecule has 0 aromatic heterocycles. The van der Waals surface area contributed by atoms with Crippen molar-refractivity contribution in [1.29, 1.82) is 0 Å². The van der Waals surface area contributed by atoms with Gasteiger partial charge in [0.15, 0.2) is 0 Å². The Morgan fingerprint density at radius 2 is 1.50 bits per heavy atom. The highest BCUT2D eigenvalue weighted by Crippen LogP contribution is 2.43. The van der Waals surface area contributed by atoms with Crippen LogP contribution in [0.3, 0.4) is 0 Å². The molecule has 3 heteroatoms. The van der Waals surface area contributed by atoms with Crippen LogP contribution in [-0.2, 0) is 14.9 Å². The molecule has 3 nitrogen and oxygen atoms in total. The monoisotopic (exact) mass is 431 g/mol. The number of nitrogens with zero attached hydrogens (tertiary/aromatic N) is 1. The van der Waals surface area contributed by atoms with E-state index in [-0.39, 0.29) is 5.97 Å². The summed E-state index contributed by atoms with van der Waals surface area (Å²) < 4.78 is 6.12. The van der Waals surface area contributed by atoms with Crippen LogP contribution in [0.2, 0.25) is 0 Å². The van der Waals surface area contributed by atoms with Crippen molar-refractivity contribution in [2.75, 3.05) is 26.2 Å². The van der Waals surface area contributed by atoms with Crippen LogP contribution in [0.1, 0.15) is 51.2 Å². The summed E-state index contributed by atoms with van der Waals surface area (Å²) in [5.74, 6) is 1.65. The molecule has 2 fully saturated rings. The standard InChI is InChI=1S/C29H37NO2/c1-22(2)11-10-18-30-19-23-16-17-24(20-30)27(23)21-32-28(31)29(3,25-12-6-4-7-13-25)26-14-8-5-9-15-26/h4-9,11-15,23-24,27H,10,16-21H2,1-3H3. The fourth-order valence-corrected chi connectivity index (χ4v) is 5.68. The normalized spacial score (nSPS) is 23.0. The number of benzene rings is 2. The van der Waals surface area contributed by atoms with Gasteiger partial charge in [0.2, 0.25) is 0 Å². The molecule has 2 atom stereocenters. The zero-order valence-corrected chi connectivity index (χ0v) is 19.8. The minimum atomic E-state index is -0.799. The molecule has 1 saturated carbocycles. The van der Waals surface area contributed by atoms with E-state index >= 15 is 0 Å². The lowest BCUT2D eigenvalue weighted by molar-refractivity contribution is -0.151. The highest BCUT2D eigenvalue weighted by molar-refractivity contribution is 5.87. The Morgan fingerprint density at radius 1 is 0.969 bits per heavy atom. The van der Waals surface area contributed by atoms with Crippen LogP contribution >= 0.6 is 0 Å². The summed E-state index contributed by atoms with van der Waals surface area (Å²) in [4.78, 5) is 16.2. The molecule has 0 radical (unpaired) electrons. The Hall–Kier alpha value is -2.39. The first-order valence-electron chi connectivity index (χ1n) is 12.1. The third kappa shape index (κ3) is 4.83. The van der Waals surface area contributed by atoms with E-state index in [2.05, 4.69) is 24.8 Å². The molecule has 2 unspecified atom stereocenters.